The fraction of sp³-hybridized carbons (Fsp3) is 0.600. The number of fused-ring (bicyclic) bond motifs is 5. The highest BCUT2D eigenvalue weighted by Gasteiger charge is 2.50. The minimum atomic E-state index is -0.474. The molecule has 9 heteroatoms. The summed E-state index contributed by atoms with van der Waals surface area (Å²) in [6.45, 7) is 8.71. The van der Waals surface area contributed by atoms with Crippen molar-refractivity contribution in [3.63, 3.8) is 0 Å². The second kappa shape index (κ2) is 8.19. The van der Waals surface area contributed by atoms with E-state index in [2.05, 4.69) is 25.8 Å². The molecular weight excluding hydrogens is 434 g/mol. The van der Waals surface area contributed by atoms with Gasteiger partial charge in [0.05, 0.1) is 17.6 Å². The molecule has 1 N–H and O–H groups in total. The Hall–Kier alpha value is -3.28. The largest absolute Gasteiger partial charge is 0.493 e. The van der Waals surface area contributed by atoms with Crippen molar-refractivity contribution in [3.8, 4) is 17.6 Å². The maximum Gasteiger partial charge on any atom is 0.411 e. The fourth-order valence-corrected chi connectivity index (χ4v) is 6.12. The summed E-state index contributed by atoms with van der Waals surface area (Å²) in [5.74, 6) is 1.04. The van der Waals surface area contributed by atoms with Crippen molar-refractivity contribution in [2.75, 3.05) is 6.54 Å². The minimum absolute atomic E-state index is 0.114. The third-order valence-electron chi connectivity index (χ3n) is 7.93. The van der Waals surface area contributed by atoms with Gasteiger partial charge in [-0.05, 0) is 55.6 Å². The molecule has 2 aromatic heterocycles. The first-order chi connectivity index (χ1) is 16.2. The number of aromatic hydroxyl groups is 1. The van der Waals surface area contributed by atoms with Crippen LogP contribution < -0.4 is 5.69 Å². The molecule has 1 saturated heterocycles. The van der Waals surface area contributed by atoms with E-state index in [-0.39, 0.29) is 29.7 Å². The van der Waals surface area contributed by atoms with Crippen molar-refractivity contribution in [1.82, 2.24) is 19.0 Å². The molecule has 1 aliphatic carbocycles. The predicted molar refractivity (Wildman–Crippen MR) is 124 cm³/mol. The van der Waals surface area contributed by atoms with Crippen LogP contribution in [0.5, 0.6) is 5.88 Å². The van der Waals surface area contributed by atoms with Crippen molar-refractivity contribution in [1.29, 1.82) is 5.26 Å². The molecule has 2 unspecified atom stereocenters. The topological polar surface area (TPSA) is 113 Å². The number of aryl methyl sites for hydroxylation is 1. The maximum atomic E-state index is 13.4. The zero-order valence-corrected chi connectivity index (χ0v) is 20.1. The smallest absolute Gasteiger partial charge is 0.411 e. The van der Waals surface area contributed by atoms with E-state index in [1.54, 1.807) is 17.9 Å². The molecule has 0 radical (unpaired) electrons. The van der Waals surface area contributed by atoms with E-state index >= 15 is 0 Å². The van der Waals surface area contributed by atoms with Crippen LogP contribution in [-0.2, 0) is 4.74 Å². The number of imidazole rings is 1. The Balaban J connectivity index is 1.42. The van der Waals surface area contributed by atoms with E-state index in [9.17, 15) is 14.7 Å². The van der Waals surface area contributed by atoms with Gasteiger partial charge in [-0.3, -0.25) is 9.47 Å². The second-order valence-electron chi connectivity index (χ2n) is 10.5. The lowest BCUT2D eigenvalue weighted by molar-refractivity contribution is -0.0166. The summed E-state index contributed by atoms with van der Waals surface area (Å²) in [7, 11) is 0. The Bertz CT molecular complexity index is 1240. The number of nitriles is 1. The Kier molecular flexibility index (Phi) is 5.42. The SMILES string of the molecule is Cc1cc(-n2c(O)c3n(c2=O)C2CC3CN2C(=O)O[C@@H]2C[C@H](C)CC[C@H]2C(C)C)cnc1C#N. The average molecular weight is 466 g/mol. The first kappa shape index (κ1) is 22.5. The summed E-state index contributed by atoms with van der Waals surface area (Å²) in [6, 6.07) is 3.67. The zero-order chi connectivity index (χ0) is 24.3. The summed E-state index contributed by atoms with van der Waals surface area (Å²) < 4.78 is 8.78. The van der Waals surface area contributed by atoms with Crippen molar-refractivity contribution < 1.29 is 14.6 Å². The van der Waals surface area contributed by atoms with Crippen LogP contribution in [0.3, 0.4) is 0 Å². The highest BCUT2D eigenvalue weighted by atomic mass is 16.6. The molecule has 0 spiro atoms. The molecule has 3 aliphatic rings. The van der Waals surface area contributed by atoms with Crippen molar-refractivity contribution in [2.24, 2.45) is 17.8 Å². The van der Waals surface area contributed by atoms with Crippen molar-refractivity contribution >= 4 is 6.09 Å². The summed E-state index contributed by atoms with van der Waals surface area (Å²) in [5.41, 5.74) is 1.41. The van der Waals surface area contributed by atoms with Crippen LogP contribution in [-0.4, -0.2) is 42.9 Å². The van der Waals surface area contributed by atoms with Gasteiger partial charge in [-0.25, -0.2) is 19.1 Å². The molecule has 2 bridgehead atoms. The predicted octanol–water partition coefficient (Wildman–Crippen LogP) is 3.82. The molecule has 9 nitrogen and oxygen atoms in total. The standard InChI is InChI=1S/C25H31N5O4/c1-13(2)18-6-5-14(3)7-20(18)34-25(33)28-12-16-9-21(28)30-22(16)23(31)29(24(30)32)17-8-15(4)19(10-26)27-11-17/h8,11,13-14,16,18,20-21,31H,5-7,9,12H2,1-4H3/t14-,16?,18+,20-,21?/m1/s1. The third-order valence-corrected chi connectivity index (χ3v) is 7.93. The average Bonchev–Trinajstić information content (AvgIpc) is 3.45. The number of rotatable bonds is 3. The molecule has 5 atom stereocenters. The van der Waals surface area contributed by atoms with Gasteiger partial charge in [-0.2, -0.15) is 5.26 Å². The van der Waals surface area contributed by atoms with Crippen molar-refractivity contribution in [3.05, 3.63) is 39.7 Å². The van der Waals surface area contributed by atoms with Crippen LogP contribution in [0.25, 0.3) is 5.69 Å². The van der Waals surface area contributed by atoms with E-state index in [4.69, 9.17) is 10.00 Å². The van der Waals surface area contributed by atoms with Gasteiger partial charge < -0.3 is 9.84 Å². The molecule has 2 aromatic rings. The van der Waals surface area contributed by atoms with Crippen LogP contribution >= 0.6 is 0 Å². The molecular formula is C25H31N5O4. The number of nitrogens with zero attached hydrogens (tertiary/aromatic N) is 5. The summed E-state index contributed by atoms with van der Waals surface area (Å²) >= 11 is 0. The van der Waals surface area contributed by atoms with Gasteiger partial charge in [-0.1, -0.05) is 27.2 Å². The number of likely N-dealkylation sites (tertiary alicyclic amines) is 1. The molecule has 2 aliphatic heterocycles. The lowest BCUT2D eigenvalue weighted by Gasteiger charge is -2.38. The number of hydrogen-bond acceptors (Lipinski definition) is 6. The van der Waals surface area contributed by atoms with Crippen LogP contribution in [0, 0.1) is 36.0 Å². The normalized spacial score (nSPS) is 27.6. The van der Waals surface area contributed by atoms with Gasteiger partial charge in [0.25, 0.3) is 0 Å². The van der Waals surface area contributed by atoms with Gasteiger partial charge in [-0.15, -0.1) is 0 Å². The first-order valence-electron chi connectivity index (χ1n) is 12.1. The summed E-state index contributed by atoms with van der Waals surface area (Å²) in [6.07, 6.45) is 4.11. The molecule has 34 heavy (non-hydrogen) atoms. The van der Waals surface area contributed by atoms with E-state index < -0.39 is 11.9 Å². The molecule has 2 fully saturated rings. The number of aromatic nitrogens is 3. The van der Waals surface area contributed by atoms with Crippen molar-refractivity contribution in [2.45, 2.75) is 71.6 Å². The lowest BCUT2D eigenvalue weighted by Crippen LogP contribution is -2.44. The Morgan fingerprint density at radius 1 is 1.32 bits per heavy atom. The Morgan fingerprint density at radius 2 is 2.09 bits per heavy atom. The van der Waals surface area contributed by atoms with Crippen LogP contribution in [0.15, 0.2) is 17.1 Å². The maximum absolute atomic E-state index is 13.4. The lowest BCUT2D eigenvalue weighted by atomic mass is 9.75. The Labute approximate surface area is 198 Å². The van der Waals surface area contributed by atoms with Gasteiger partial charge in [0, 0.05) is 12.5 Å². The fourth-order valence-electron chi connectivity index (χ4n) is 6.12. The third kappa shape index (κ3) is 3.39. The van der Waals surface area contributed by atoms with E-state index in [1.165, 1.54) is 15.3 Å². The Morgan fingerprint density at radius 3 is 2.76 bits per heavy atom. The zero-order valence-electron chi connectivity index (χ0n) is 20.1. The molecule has 5 rings (SSSR count). The monoisotopic (exact) mass is 465 g/mol. The van der Waals surface area contributed by atoms with Crippen LogP contribution in [0.1, 0.15) is 75.5 Å². The quantitative estimate of drug-likeness (QED) is 0.737. The number of carbonyl (C=O) groups excluding carboxylic acids is 1. The second-order valence-corrected chi connectivity index (χ2v) is 10.5. The first-order valence-corrected chi connectivity index (χ1v) is 12.1. The van der Waals surface area contributed by atoms with Crippen LogP contribution in [0.4, 0.5) is 4.79 Å². The number of hydrogen-bond donors (Lipinski definition) is 1. The molecule has 4 heterocycles. The highest BCUT2D eigenvalue weighted by Crippen LogP contribution is 2.49. The number of amides is 1. The minimum Gasteiger partial charge on any atom is -0.493 e. The number of ether oxygens (including phenoxy) is 1. The number of pyridine rings is 1. The van der Waals surface area contributed by atoms with E-state index in [0.717, 1.165) is 19.3 Å². The van der Waals surface area contributed by atoms with Gasteiger partial charge in [0.1, 0.15) is 24.0 Å². The van der Waals surface area contributed by atoms with Gasteiger partial charge in [0.15, 0.2) is 0 Å². The molecule has 1 amide bonds. The molecule has 1 saturated carbocycles. The highest BCUT2D eigenvalue weighted by molar-refractivity contribution is 5.69. The number of carbonyl (C=O) groups is 1. The molecule has 180 valence electrons. The van der Waals surface area contributed by atoms with E-state index in [1.807, 2.05) is 6.07 Å². The molecule has 0 aromatic carbocycles. The summed E-state index contributed by atoms with van der Waals surface area (Å²) in [4.78, 5) is 32.4. The summed E-state index contributed by atoms with van der Waals surface area (Å²) in [5, 5.41) is 20.1. The van der Waals surface area contributed by atoms with E-state index in [0.29, 0.717) is 47.7 Å². The van der Waals surface area contributed by atoms with Gasteiger partial charge >= 0.3 is 11.8 Å². The van der Waals surface area contributed by atoms with Gasteiger partial charge in [0.2, 0.25) is 5.88 Å². The van der Waals surface area contributed by atoms with Crippen LogP contribution in [0.2, 0.25) is 0 Å².